The first-order valence-corrected chi connectivity index (χ1v) is 6.31. The van der Waals surface area contributed by atoms with Crippen molar-refractivity contribution in [2.45, 2.75) is 31.7 Å². The van der Waals surface area contributed by atoms with Gasteiger partial charge in [-0.05, 0) is 64.2 Å². The van der Waals surface area contributed by atoms with E-state index < -0.39 is 5.97 Å². The normalized spacial score (nSPS) is 25.6. The molecule has 1 aliphatic heterocycles. The zero-order chi connectivity index (χ0) is 11.5. The number of carbonyl (C=O) groups is 1. The highest BCUT2D eigenvalue weighted by atomic mass is 16.4. The molecular weight excluding hydrogens is 204 g/mol. The first kappa shape index (κ1) is 11.9. The summed E-state index contributed by atoms with van der Waals surface area (Å²) in [7, 11) is 2.15. The van der Waals surface area contributed by atoms with Crippen LogP contribution < -0.4 is 5.32 Å². The van der Waals surface area contributed by atoms with E-state index in [0.29, 0.717) is 11.8 Å². The van der Waals surface area contributed by atoms with Gasteiger partial charge in [0.25, 0.3) is 0 Å². The first-order chi connectivity index (χ1) is 7.66. The summed E-state index contributed by atoms with van der Waals surface area (Å²) in [6, 6.07) is -0.292. The lowest BCUT2D eigenvalue weighted by molar-refractivity contribution is -0.140. The van der Waals surface area contributed by atoms with Gasteiger partial charge in [-0.25, -0.2) is 0 Å². The minimum Gasteiger partial charge on any atom is -0.480 e. The van der Waals surface area contributed by atoms with E-state index in [0.717, 1.165) is 32.5 Å². The van der Waals surface area contributed by atoms with E-state index in [1.165, 1.54) is 12.8 Å². The number of rotatable bonds is 5. The summed E-state index contributed by atoms with van der Waals surface area (Å²) in [6.45, 7) is 3.17. The number of carboxylic acid groups (broad SMARTS) is 1. The van der Waals surface area contributed by atoms with Crippen LogP contribution in [0.2, 0.25) is 0 Å². The second kappa shape index (κ2) is 5.15. The van der Waals surface area contributed by atoms with Crippen LogP contribution in [0.15, 0.2) is 0 Å². The van der Waals surface area contributed by atoms with Crippen LogP contribution >= 0.6 is 0 Å². The molecule has 0 spiro atoms. The molecule has 0 aromatic carbocycles. The van der Waals surface area contributed by atoms with Gasteiger partial charge in [0.15, 0.2) is 0 Å². The van der Waals surface area contributed by atoms with Gasteiger partial charge in [0.05, 0.1) is 0 Å². The average molecular weight is 226 g/mol. The predicted octanol–water partition coefficient (Wildman–Crippen LogP) is 0.781. The molecule has 92 valence electrons. The molecule has 2 aliphatic rings. The molecule has 0 radical (unpaired) electrons. The third-order valence-electron chi connectivity index (χ3n) is 3.82. The van der Waals surface area contributed by atoms with Crippen LogP contribution in [-0.2, 0) is 4.79 Å². The molecule has 1 saturated carbocycles. The largest absolute Gasteiger partial charge is 0.480 e. The van der Waals surface area contributed by atoms with E-state index in [9.17, 15) is 4.79 Å². The molecule has 2 N–H and O–H groups in total. The van der Waals surface area contributed by atoms with Crippen molar-refractivity contribution in [3.63, 3.8) is 0 Å². The molecule has 2 rings (SSSR count). The SMILES string of the molecule is CN1CCC(CNC(C(=O)O)C2CC2)CC1. The Kier molecular flexibility index (Phi) is 3.82. The number of aliphatic carboxylic acids is 1. The lowest BCUT2D eigenvalue weighted by atomic mass is 9.96. The molecule has 4 nitrogen and oxygen atoms in total. The second-order valence-electron chi connectivity index (χ2n) is 5.31. The van der Waals surface area contributed by atoms with Gasteiger partial charge in [-0.2, -0.15) is 0 Å². The Morgan fingerprint density at radius 1 is 1.38 bits per heavy atom. The summed E-state index contributed by atoms with van der Waals surface area (Å²) < 4.78 is 0. The molecule has 16 heavy (non-hydrogen) atoms. The van der Waals surface area contributed by atoms with Crippen LogP contribution in [0.5, 0.6) is 0 Å². The molecule has 0 bridgehead atoms. The first-order valence-electron chi connectivity index (χ1n) is 6.31. The maximum atomic E-state index is 11.0. The second-order valence-corrected chi connectivity index (χ2v) is 5.31. The quantitative estimate of drug-likeness (QED) is 0.727. The highest BCUT2D eigenvalue weighted by molar-refractivity contribution is 5.74. The summed E-state index contributed by atoms with van der Waals surface area (Å²) >= 11 is 0. The molecule has 2 fully saturated rings. The fraction of sp³-hybridized carbons (Fsp3) is 0.917. The summed E-state index contributed by atoms with van der Waals surface area (Å²) in [6.07, 6.45) is 4.55. The van der Waals surface area contributed by atoms with E-state index in [-0.39, 0.29) is 6.04 Å². The Morgan fingerprint density at radius 3 is 2.50 bits per heavy atom. The van der Waals surface area contributed by atoms with E-state index in [2.05, 4.69) is 17.3 Å². The van der Waals surface area contributed by atoms with Crippen molar-refractivity contribution in [1.82, 2.24) is 10.2 Å². The Morgan fingerprint density at radius 2 is 2.00 bits per heavy atom. The predicted molar refractivity (Wildman–Crippen MR) is 62.4 cm³/mol. The van der Waals surface area contributed by atoms with Crippen molar-refractivity contribution in [1.29, 1.82) is 0 Å². The minimum atomic E-state index is -0.671. The molecule has 1 heterocycles. The lowest BCUT2D eigenvalue weighted by Crippen LogP contribution is -2.43. The van der Waals surface area contributed by atoms with Crippen LogP contribution in [-0.4, -0.2) is 48.7 Å². The average Bonchev–Trinajstić information content (AvgIpc) is 3.05. The highest BCUT2D eigenvalue weighted by Crippen LogP contribution is 2.33. The maximum absolute atomic E-state index is 11.0. The smallest absolute Gasteiger partial charge is 0.320 e. The topological polar surface area (TPSA) is 52.6 Å². The molecule has 4 heteroatoms. The van der Waals surface area contributed by atoms with Gasteiger partial charge < -0.3 is 15.3 Å². The van der Waals surface area contributed by atoms with Crippen LogP contribution in [0.25, 0.3) is 0 Å². The third kappa shape index (κ3) is 3.19. The zero-order valence-electron chi connectivity index (χ0n) is 9.98. The van der Waals surface area contributed by atoms with Crippen molar-refractivity contribution in [3.8, 4) is 0 Å². The van der Waals surface area contributed by atoms with Crippen molar-refractivity contribution >= 4 is 5.97 Å². The Balaban J connectivity index is 1.71. The molecule has 0 aromatic rings. The van der Waals surface area contributed by atoms with Gasteiger partial charge in [0.1, 0.15) is 6.04 Å². The molecular formula is C12H22N2O2. The number of piperidine rings is 1. The maximum Gasteiger partial charge on any atom is 0.320 e. The van der Waals surface area contributed by atoms with Gasteiger partial charge in [0.2, 0.25) is 0 Å². The van der Waals surface area contributed by atoms with E-state index in [1.807, 2.05) is 0 Å². The van der Waals surface area contributed by atoms with Crippen molar-refractivity contribution in [2.24, 2.45) is 11.8 Å². The van der Waals surface area contributed by atoms with Gasteiger partial charge in [-0.15, -0.1) is 0 Å². The number of hydrogen-bond acceptors (Lipinski definition) is 3. The molecule has 1 unspecified atom stereocenters. The van der Waals surface area contributed by atoms with Gasteiger partial charge in [-0.1, -0.05) is 0 Å². The van der Waals surface area contributed by atoms with Gasteiger partial charge >= 0.3 is 5.97 Å². The van der Waals surface area contributed by atoms with E-state index in [1.54, 1.807) is 0 Å². The lowest BCUT2D eigenvalue weighted by Gasteiger charge is -2.29. The summed E-state index contributed by atoms with van der Waals surface area (Å²) in [5, 5.41) is 12.3. The number of hydrogen-bond donors (Lipinski definition) is 2. The molecule has 0 aromatic heterocycles. The van der Waals surface area contributed by atoms with E-state index >= 15 is 0 Å². The summed E-state index contributed by atoms with van der Waals surface area (Å²) in [5.74, 6) is 0.385. The number of nitrogens with zero attached hydrogens (tertiary/aromatic N) is 1. The fourth-order valence-corrected chi connectivity index (χ4v) is 2.44. The third-order valence-corrected chi connectivity index (χ3v) is 3.82. The Bertz CT molecular complexity index is 245. The van der Waals surface area contributed by atoms with Crippen molar-refractivity contribution in [3.05, 3.63) is 0 Å². The van der Waals surface area contributed by atoms with Crippen LogP contribution in [0, 0.1) is 11.8 Å². The standard InChI is InChI=1S/C12H22N2O2/c1-14-6-4-9(5-7-14)8-13-11(12(15)16)10-2-3-10/h9-11,13H,2-8H2,1H3,(H,15,16). The van der Waals surface area contributed by atoms with Crippen LogP contribution in [0.1, 0.15) is 25.7 Å². The highest BCUT2D eigenvalue weighted by Gasteiger charge is 2.36. The minimum absolute atomic E-state index is 0.292. The fourth-order valence-electron chi connectivity index (χ4n) is 2.44. The van der Waals surface area contributed by atoms with Crippen molar-refractivity contribution < 1.29 is 9.90 Å². The Labute approximate surface area is 97.0 Å². The Hall–Kier alpha value is -0.610. The monoisotopic (exact) mass is 226 g/mol. The number of carboxylic acids is 1. The summed E-state index contributed by atoms with van der Waals surface area (Å²) in [5.41, 5.74) is 0. The van der Waals surface area contributed by atoms with Crippen LogP contribution in [0.3, 0.4) is 0 Å². The molecule has 1 aliphatic carbocycles. The number of nitrogens with one attached hydrogen (secondary N) is 1. The van der Waals surface area contributed by atoms with E-state index in [4.69, 9.17) is 5.11 Å². The number of likely N-dealkylation sites (tertiary alicyclic amines) is 1. The zero-order valence-corrected chi connectivity index (χ0v) is 9.98. The molecule has 0 amide bonds. The molecule has 1 atom stereocenters. The van der Waals surface area contributed by atoms with Gasteiger partial charge in [0, 0.05) is 0 Å². The van der Waals surface area contributed by atoms with Gasteiger partial charge in [-0.3, -0.25) is 4.79 Å². The van der Waals surface area contributed by atoms with Crippen LogP contribution in [0.4, 0.5) is 0 Å². The molecule has 1 saturated heterocycles. The summed E-state index contributed by atoms with van der Waals surface area (Å²) in [4.78, 5) is 13.4. The van der Waals surface area contributed by atoms with Crippen molar-refractivity contribution in [2.75, 3.05) is 26.7 Å².